The van der Waals surface area contributed by atoms with Crippen LogP contribution in [0.3, 0.4) is 0 Å². The van der Waals surface area contributed by atoms with Crippen molar-refractivity contribution in [3.05, 3.63) is 79.1 Å². The van der Waals surface area contributed by atoms with Crippen LogP contribution < -0.4 is 20.3 Å². The minimum atomic E-state index is -0.370. The number of hydrogen-bond donors (Lipinski definition) is 2. The predicted molar refractivity (Wildman–Crippen MR) is 162 cm³/mol. The third-order valence-electron chi connectivity index (χ3n) is 6.73. The fraction of sp³-hybridized carbons (Fsp3) is 0.233. The standard InChI is InChI=1S/C30H33N9O2/c1-37(2)14-15-38(3)27-17-28(41-5)24(16-23(27)34-29(40)25-18-31-12-13-32-25)36-30-33-11-10-22(35-30)21-19-39(4)26-9-7-6-8-20(21)26/h6-13,16-19H,14-15H2,1-5H3,(H,34,40)(H,33,35,36). The van der Waals surface area contributed by atoms with Crippen LogP contribution >= 0.6 is 0 Å². The molecule has 0 unspecified atom stereocenters. The van der Waals surface area contributed by atoms with Gasteiger partial charge in [-0.15, -0.1) is 0 Å². The normalized spacial score (nSPS) is 11.1. The summed E-state index contributed by atoms with van der Waals surface area (Å²) in [6, 6.07) is 13.8. The number of ether oxygens (including phenoxy) is 1. The van der Waals surface area contributed by atoms with Crippen molar-refractivity contribution in [1.82, 2.24) is 29.4 Å². The number of likely N-dealkylation sites (N-methyl/N-ethyl adjacent to an activating group) is 2. The summed E-state index contributed by atoms with van der Waals surface area (Å²) in [5.74, 6) is 0.604. The van der Waals surface area contributed by atoms with Crippen molar-refractivity contribution >= 4 is 39.8 Å². The molecule has 0 saturated heterocycles. The van der Waals surface area contributed by atoms with Crippen LogP contribution in [0.2, 0.25) is 0 Å². The number of benzene rings is 2. The molecule has 3 aromatic heterocycles. The first-order valence-corrected chi connectivity index (χ1v) is 13.1. The highest BCUT2D eigenvalue weighted by molar-refractivity contribution is 6.05. The van der Waals surface area contributed by atoms with Crippen LogP contribution in [0, 0.1) is 0 Å². The smallest absolute Gasteiger partial charge is 0.275 e. The molecule has 11 heteroatoms. The molecule has 0 saturated carbocycles. The van der Waals surface area contributed by atoms with E-state index in [2.05, 4.69) is 58.3 Å². The molecule has 0 aliphatic carbocycles. The number of methoxy groups -OCH3 is 1. The zero-order valence-corrected chi connectivity index (χ0v) is 23.8. The minimum absolute atomic E-state index is 0.214. The first-order chi connectivity index (χ1) is 19.8. The maximum atomic E-state index is 13.1. The average molecular weight is 552 g/mol. The zero-order chi connectivity index (χ0) is 28.9. The van der Waals surface area contributed by atoms with Gasteiger partial charge in [-0.05, 0) is 32.3 Å². The summed E-state index contributed by atoms with van der Waals surface area (Å²) in [6.07, 6.45) is 8.23. The Hall–Kier alpha value is -5.03. The Morgan fingerprint density at radius 2 is 1.83 bits per heavy atom. The van der Waals surface area contributed by atoms with Crippen LogP contribution in [-0.2, 0) is 7.05 Å². The van der Waals surface area contributed by atoms with E-state index >= 15 is 0 Å². The molecule has 5 aromatic rings. The molecule has 5 rings (SSSR count). The highest BCUT2D eigenvalue weighted by Crippen LogP contribution is 2.38. The topological polar surface area (TPSA) is 113 Å². The Morgan fingerprint density at radius 1 is 1.00 bits per heavy atom. The number of fused-ring (bicyclic) bond motifs is 1. The van der Waals surface area contributed by atoms with Gasteiger partial charge in [0.1, 0.15) is 11.4 Å². The number of carbonyl (C=O) groups excluding carboxylic acids is 1. The zero-order valence-electron chi connectivity index (χ0n) is 23.8. The molecule has 0 aliphatic rings. The second-order valence-electron chi connectivity index (χ2n) is 9.90. The lowest BCUT2D eigenvalue weighted by Gasteiger charge is -2.26. The molecule has 3 heterocycles. The number of para-hydroxylation sites is 1. The van der Waals surface area contributed by atoms with Gasteiger partial charge in [-0.1, -0.05) is 18.2 Å². The molecular weight excluding hydrogens is 518 g/mol. The van der Waals surface area contributed by atoms with Gasteiger partial charge in [-0.3, -0.25) is 9.78 Å². The Labute approximate surface area is 238 Å². The molecule has 0 bridgehead atoms. The summed E-state index contributed by atoms with van der Waals surface area (Å²) < 4.78 is 7.84. The van der Waals surface area contributed by atoms with E-state index in [1.54, 1.807) is 13.3 Å². The first kappa shape index (κ1) is 27.5. The van der Waals surface area contributed by atoms with Gasteiger partial charge in [-0.2, -0.15) is 0 Å². The van der Waals surface area contributed by atoms with Crippen LogP contribution in [0.25, 0.3) is 22.2 Å². The van der Waals surface area contributed by atoms with Crippen LogP contribution in [0.15, 0.2) is 73.4 Å². The van der Waals surface area contributed by atoms with Gasteiger partial charge in [0.05, 0.1) is 36.1 Å². The largest absolute Gasteiger partial charge is 0.494 e. The number of hydrogen-bond acceptors (Lipinski definition) is 9. The summed E-state index contributed by atoms with van der Waals surface area (Å²) in [6.45, 7) is 1.55. The van der Waals surface area contributed by atoms with E-state index in [-0.39, 0.29) is 11.6 Å². The minimum Gasteiger partial charge on any atom is -0.494 e. The van der Waals surface area contributed by atoms with Crippen LogP contribution in [-0.4, -0.2) is 76.7 Å². The number of carbonyl (C=O) groups is 1. The van der Waals surface area contributed by atoms with Gasteiger partial charge in [-0.25, -0.2) is 15.0 Å². The lowest BCUT2D eigenvalue weighted by molar-refractivity contribution is 0.102. The maximum Gasteiger partial charge on any atom is 0.275 e. The molecule has 0 fully saturated rings. The molecule has 210 valence electrons. The first-order valence-electron chi connectivity index (χ1n) is 13.1. The second-order valence-corrected chi connectivity index (χ2v) is 9.90. The molecule has 1 amide bonds. The lowest BCUT2D eigenvalue weighted by Crippen LogP contribution is -2.29. The Morgan fingerprint density at radius 3 is 2.59 bits per heavy atom. The molecule has 41 heavy (non-hydrogen) atoms. The van der Waals surface area contributed by atoms with E-state index in [4.69, 9.17) is 9.72 Å². The Kier molecular flexibility index (Phi) is 8.06. The number of rotatable bonds is 10. The van der Waals surface area contributed by atoms with Crippen molar-refractivity contribution in [3.8, 4) is 17.0 Å². The van der Waals surface area contributed by atoms with E-state index in [1.807, 2.05) is 58.5 Å². The molecular formula is C30H33N9O2. The van der Waals surface area contributed by atoms with Gasteiger partial charge in [0.2, 0.25) is 5.95 Å². The fourth-order valence-corrected chi connectivity index (χ4v) is 4.56. The average Bonchev–Trinajstić information content (AvgIpc) is 3.33. The van der Waals surface area contributed by atoms with Crippen molar-refractivity contribution < 1.29 is 9.53 Å². The van der Waals surface area contributed by atoms with Gasteiger partial charge in [0.15, 0.2) is 0 Å². The molecule has 0 radical (unpaired) electrons. The number of anilines is 4. The highest BCUT2D eigenvalue weighted by atomic mass is 16.5. The summed E-state index contributed by atoms with van der Waals surface area (Å²) in [5, 5.41) is 7.40. The van der Waals surface area contributed by atoms with E-state index in [1.165, 1.54) is 18.6 Å². The van der Waals surface area contributed by atoms with Gasteiger partial charge >= 0.3 is 0 Å². The van der Waals surface area contributed by atoms with Crippen LogP contribution in [0.5, 0.6) is 5.75 Å². The van der Waals surface area contributed by atoms with Gasteiger partial charge in [0.25, 0.3) is 5.91 Å². The van der Waals surface area contributed by atoms with Crippen molar-refractivity contribution in [2.45, 2.75) is 0 Å². The monoisotopic (exact) mass is 551 g/mol. The number of nitrogens with one attached hydrogen (secondary N) is 2. The van der Waals surface area contributed by atoms with Crippen molar-refractivity contribution in [1.29, 1.82) is 0 Å². The summed E-state index contributed by atoms with van der Waals surface area (Å²) in [5.41, 5.74) is 5.10. The summed E-state index contributed by atoms with van der Waals surface area (Å²) in [7, 11) is 9.63. The van der Waals surface area contributed by atoms with Crippen molar-refractivity contribution in [2.24, 2.45) is 7.05 Å². The molecule has 0 aliphatic heterocycles. The highest BCUT2D eigenvalue weighted by Gasteiger charge is 2.19. The molecule has 0 spiro atoms. The Balaban J connectivity index is 1.51. The maximum absolute atomic E-state index is 13.1. The van der Waals surface area contributed by atoms with Gasteiger partial charge in [0, 0.05) is 74.5 Å². The lowest BCUT2D eigenvalue weighted by atomic mass is 10.1. The summed E-state index contributed by atoms with van der Waals surface area (Å²) in [4.78, 5) is 34.7. The van der Waals surface area contributed by atoms with Crippen molar-refractivity contribution in [2.75, 3.05) is 56.9 Å². The third-order valence-corrected chi connectivity index (χ3v) is 6.73. The molecule has 0 atom stereocenters. The molecule has 2 N–H and O–H groups in total. The molecule has 11 nitrogen and oxygen atoms in total. The molecule has 2 aromatic carbocycles. The van der Waals surface area contributed by atoms with E-state index in [0.717, 1.165) is 40.9 Å². The van der Waals surface area contributed by atoms with Crippen molar-refractivity contribution in [3.63, 3.8) is 0 Å². The van der Waals surface area contributed by atoms with Crippen LogP contribution in [0.1, 0.15) is 10.5 Å². The van der Waals surface area contributed by atoms with E-state index in [9.17, 15) is 4.79 Å². The van der Waals surface area contributed by atoms with Crippen LogP contribution in [0.4, 0.5) is 23.0 Å². The number of nitrogens with zero attached hydrogens (tertiary/aromatic N) is 7. The fourth-order valence-electron chi connectivity index (χ4n) is 4.56. The quantitative estimate of drug-likeness (QED) is 0.260. The predicted octanol–water partition coefficient (Wildman–Crippen LogP) is 4.43. The summed E-state index contributed by atoms with van der Waals surface area (Å²) >= 11 is 0. The van der Waals surface area contributed by atoms with Gasteiger partial charge < -0.3 is 29.7 Å². The Bertz CT molecular complexity index is 1670. The van der Waals surface area contributed by atoms with E-state index in [0.29, 0.717) is 23.1 Å². The number of aromatic nitrogens is 5. The third kappa shape index (κ3) is 6.10. The number of aryl methyl sites for hydroxylation is 1. The van der Waals surface area contributed by atoms with E-state index < -0.39 is 0 Å². The number of amides is 1. The SMILES string of the molecule is COc1cc(N(C)CCN(C)C)c(NC(=O)c2cnccn2)cc1Nc1nccc(-c2cn(C)c3ccccc23)n1. The second kappa shape index (κ2) is 12.0.